The molecular formula is C18H22FN3O3. The monoisotopic (exact) mass is 347 g/mol. The molecule has 134 valence electrons. The number of benzene rings is 1. The number of likely N-dealkylation sites (tertiary alicyclic amines) is 1. The third-order valence-electron chi connectivity index (χ3n) is 4.52. The Morgan fingerprint density at radius 3 is 2.96 bits per heavy atom. The maximum atomic E-state index is 13.3. The number of aliphatic hydroxyl groups is 1. The highest BCUT2D eigenvalue weighted by Crippen LogP contribution is 2.27. The lowest BCUT2D eigenvalue weighted by Gasteiger charge is -2.42. The van der Waals surface area contributed by atoms with Crippen molar-refractivity contribution in [3.63, 3.8) is 0 Å². The molecule has 0 bridgehead atoms. The van der Waals surface area contributed by atoms with E-state index in [9.17, 15) is 14.3 Å². The summed E-state index contributed by atoms with van der Waals surface area (Å²) in [6, 6.07) is 5.84. The van der Waals surface area contributed by atoms with Crippen LogP contribution in [-0.2, 0) is 11.3 Å². The van der Waals surface area contributed by atoms with Crippen LogP contribution in [0.3, 0.4) is 0 Å². The number of amides is 1. The summed E-state index contributed by atoms with van der Waals surface area (Å²) in [4.78, 5) is 18.2. The van der Waals surface area contributed by atoms with E-state index in [4.69, 9.17) is 4.74 Å². The van der Waals surface area contributed by atoms with Gasteiger partial charge in [-0.1, -0.05) is 6.07 Å². The average molecular weight is 347 g/mol. The summed E-state index contributed by atoms with van der Waals surface area (Å²) < 4.78 is 20.8. The molecule has 7 heteroatoms. The highest BCUT2D eigenvalue weighted by molar-refractivity contribution is 5.76. The van der Waals surface area contributed by atoms with Gasteiger partial charge in [0.05, 0.1) is 6.54 Å². The zero-order valence-electron chi connectivity index (χ0n) is 14.4. The quantitative estimate of drug-likeness (QED) is 0.915. The van der Waals surface area contributed by atoms with Crippen molar-refractivity contribution in [1.29, 1.82) is 0 Å². The van der Waals surface area contributed by atoms with Crippen molar-refractivity contribution in [3.05, 3.63) is 48.3 Å². The zero-order chi connectivity index (χ0) is 18.0. The summed E-state index contributed by atoms with van der Waals surface area (Å²) in [5, 5.41) is 10.7. The Balaban J connectivity index is 1.63. The number of piperidine rings is 1. The van der Waals surface area contributed by atoms with E-state index in [1.54, 1.807) is 40.9 Å². The molecule has 2 aromatic rings. The fraction of sp³-hybridized carbons (Fsp3) is 0.444. The number of imidazole rings is 1. The van der Waals surface area contributed by atoms with Crippen molar-refractivity contribution < 1.29 is 19.0 Å². The van der Waals surface area contributed by atoms with Crippen LogP contribution in [0.2, 0.25) is 0 Å². The van der Waals surface area contributed by atoms with Gasteiger partial charge in [-0.3, -0.25) is 4.79 Å². The Morgan fingerprint density at radius 1 is 1.52 bits per heavy atom. The van der Waals surface area contributed by atoms with E-state index in [-0.39, 0.29) is 24.8 Å². The summed E-state index contributed by atoms with van der Waals surface area (Å²) in [5.41, 5.74) is -1.22. The highest BCUT2D eigenvalue weighted by Gasteiger charge is 2.41. The topological polar surface area (TPSA) is 67.6 Å². The molecule has 3 rings (SSSR count). The van der Waals surface area contributed by atoms with E-state index in [1.807, 2.05) is 6.92 Å². The van der Waals surface area contributed by atoms with Gasteiger partial charge in [-0.15, -0.1) is 0 Å². The molecule has 25 heavy (non-hydrogen) atoms. The molecule has 1 saturated heterocycles. The predicted octanol–water partition coefficient (Wildman–Crippen LogP) is 1.76. The first-order chi connectivity index (χ1) is 11.8. The number of β-amino-alcohol motifs (C(OH)–C–C–N with tert-alkyl or cyclic N) is 1. The molecule has 0 aliphatic carbocycles. The minimum Gasteiger partial charge on any atom is -0.487 e. The zero-order valence-corrected chi connectivity index (χ0v) is 14.4. The lowest BCUT2D eigenvalue weighted by Crippen LogP contribution is -2.58. The van der Waals surface area contributed by atoms with Gasteiger partial charge in [0.2, 0.25) is 5.91 Å². The number of hydrogen-bond donors (Lipinski definition) is 1. The maximum absolute atomic E-state index is 13.3. The predicted molar refractivity (Wildman–Crippen MR) is 89.6 cm³/mol. The first-order valence-electron chi connectivity index (χ1n) is 8.25. The third-order valence-corrected chi connectivity index (χ3v) is 4.52. The summed E-state index contributed by atoms with van der Waals surface area (Å²) in [7, 11) is 0. The smallest absolute Gasteiger partial charge is 0.242 e. The van der Waals surface area contributed by atoms with Crippen molar-refractivity contribution in [2.75, 3.05) is 13.1 Å². The standard InChI is InChI=1S/C18H22FN3O3/c1-13-20-7-9-21(13)11-17(23)22-8-6-16(18(2,24)12-22)25-15-5-3-4-14(19)10-15/h3-5,7,9-10,16,24H,6,8,11-12H2,1-2H3/t16-,18-/m0/s1. The number of hydrogen-bond acceptors (Lipinski definition) is 4. The maximum Gasteiger partial charge on any atom is 0.242 e. The van der Waals surface area contributed by atoms with Crippen molar-refractivity contribution in [1.82, 2.24) is 14.5 Å². The van der Waals surface area contributed by atoms with E-state index < -0.39 is 11.7 Å². The Labute approximate surface area is 145 Å². The van der Waals surface area contributed by atoms with Gasteiger partial charge in [-0.25, -0.2) is 9.37 Å². The number of halogens is 1. The molecule has 1 aliphatic rings. The van der Waals surface area contributed by atoms with Gasteiger partial charge in [-0.2, -0.15) is 0 Å². The van der Waals surface area contributed by atoms with Crippen LogP contribution in [0.15, 0.2) is 36.7 Å². The van der Waals surface area contributed by atoms with Crippen LogP contribution in [0, 0.1) is 12.7 Å². The van der Waals surface area contributed by atoms with Gasteiger partial charge < -0.3 is 19.3 Å². The second-order valence-corrected chi connectivity index (χ2v) is 6.63. The van der Waals surface area contributed by atoms with Crippen molar-refractivity contribution in [2.24, 2.45) is 0 Å². The molecule has 1 aromatic carbocycles. The first-order valence-corrected chi connectivity index (χ1v) is 8.25. The molecule has 1 fully saturated rings. The van der Waals surface area contributed by atoms with Crippen LogP contribution < -0.4 is 4.74 Å². The summed E-state index contributed by atoms with van der Waals surface area (Å²) in [5.74, 6) is 0.676. The summed E-state index contributed by atoms with van der Waals surface area (Å²) in [6.07, 6.45) is 3.37. The highest BCUT2D eigenvalue weighted by atomic mass is 19.1. The normalized spacial score (nSPS) is 23.5. The molecule has 0 unspecified atom stereocenters. The van der Waals surface area contributed by atoms with Crippen LogP contribution in [-0.4, -0.2) is 50.3 Å². The van der Waals surface area contributed by atoms with Crippen LogP contribution in [0.1, 0.15) is 19.2 Å². The van der Waals surface area contributed by atoms with Crippen LogP contribution >= 0.6 is 0 Å². The fourth-order valence-corrected chi connectivity index (χ4v) is 3.07. The molecule has 1 amide bonds. The second kappa shape index (κ2) is 6.84. The molecule has 6 nitrogen and oxygen atoms in total. The molecule has 0 saturated carbocycles. The van der Waals surface area contributed by atoms with Crippen molar-refractivity contribution in [2.45, 2.75) is 38.5 Å². The second-order valence-electron chi connectivity index (χ2n) is 6.63. The van der Waals surface area contributed by atoms with Gasteiger partial charge in [0.15, 0.2) is 0 Å². The molecule has 1 aliphatic heterocycles. The number of carbonyl (C=O) groups is 1. The molecule has 0 radical (unpaired) electrons. The third kappa shape index (κ3) is 3.99. The Bertz CT molecular complexity index is 760. The first kappa shape index (κ1) is 17.4. The Kier molecular flexibility index (Phi) is 4.76. The largest absolute Gasteiger partial charge is 0.487 e. The number of rotatable bonds is 4. The summed E-state index contributed by atoms with van der Waals surface area (Å²) >= 11 is 0. The molecular weight excluding hydrogens is 325 g/mol. The molecule has 2 heterocycles. The molecule has 0 spiro atoms. The van der Waals surface area contributed by atoms with Crippen LogP contribution in [0.4, 0.5) is 4.39 Å². The number of aromatic nitrogens is 2. The van der Waals surface area contributed by atoms with Gasteiger partial charge in [0.1, 0.15) is 35.6 Å². The minimum absolute atomic E-state index is 0.0782. The number of aryl methyl sites for hydroxylation is 1. The van der Waals surface area contributed by atoms with E-state index in [0.717, 1.165) is 5.82 Å². The minimum atomic E-state index is -1.22. The van der Waals surface area contributed by atoms with E-state index in [1.165, 1.54) is 12.1 Å². The van der Waals surface area contributed by atoms with Crippen molar-refractivity contribution >= 4 is 5.91 Å². The molecule has 1 N–H and O–H groups in total. The fourth-order valence-electron chi connectivity index (χ4n) is 3.07. The number of ether oxygens (including phenoxy) is 1. The lowest BCUT2D eigenvalue weighted by molar-refractivity contribution is -0.146. The average Bonchev–Trinajstić information content (AvgIpc) is 2.94. The number of carbonyl (C=O) groups excluding carboxylic acids is 1. The summed E-state index contributed by atoms with van der Waals surface area (Å²) in [6.45, 7) is 4.31. The number of nitrogens with zero attached hydrogens (tertiary/aromatic N) is 3. The SMILES string of the molecule is Cc1nccn1CC(=O)N1CC[C@H](Oc2cccc(F)c2)[C@@](C)(O)C1. The molecule has 1 aromatic heterocycles. The van der Waals surface area contributed by atoms with Gasteiger partial charge >= 0.3 is 0 Å². The van der Waals surface area contributed by atoms with Gasteiger partial charge in [-0.05, 0) is 26.0 Å². The molecule has 2 atom stereocenters. The van der Waals surface area contributed by atoms with Crippen molar-refractivity contribution in [3.8, 4) is 5.75 Å². The Hall–Kier alpha value is -2.41. The van der Waals surface area contributed by atoms with Crippen LogP contribution in [0.25, 0.3) is 0 Å². The van der Waals surface area contributed by atoms with E-state index >= 15 is 0 Å². The van der Waals surface area contributed by atoms with Crippen LogP contribution in [0.5, 0.6) is 5.75 Å². The lowest BCUT2D eigenvalue weighted by atomic mass is 9.91. The Morgan fingerprint density at radius 2 is 2.32 bits per heavy atom. The van der Waals surface area contributed by atoms with Gasteiger partial charge in [0, 0.05) is 31.4 Å². The van der Waals surface area contributed by atoms with E-state index in [0.29, 0.717) is 18.7 Å². The van der Waals surface area contributed by atoms with E-state index in [2.05, 4.69) is 4.98 Å². The van der Waals surface area contributed by atoms with Gasteiger partial charge in [0.25, 0.3) is 0 Å².